The van der Waals surface area contributed by atoms with Gasteiger partial charge in [0, 0.05) is 38.6 Å². The van der Waals surface area contributed by atoms with Gasteiger partial charge in [-0.25, -0.2) is 9.37 Å². The number of nitrogens with zero attached hydrogens (tertiary/aromatic N) is 4. The quantitative estimate of drug-likeness (QED) is 0.229. The largest absolute Gasteiger partial charge is 0.342 e. The first kappa shape index (κ1) is 23.2. The summed E-state index contributed by atoms with van der Waals surface area (Å²) in [5.41, 5.74) is 2.86. The van der Waals surface area contributed by atoms with Gasteiger partial charge in [0.15, 0.2) is 0 Å². The standard InChI is InChI=1S/C28H24BrFN4O/c1-3-18(2)27-32-25-13-12-21(29)14-23(25)28(35)34(27)31-15-20-17-33(26-11-7-5-9-22(20)26)16-19-8-4-6-10-24(19)30/h4-15,17-18H,3,16H2,1-2H3/t18-/m0/s1. The van der Waals surface area contributed by atoms with Crippen LogP contribution in [0.5, 0.6) is 0 Å². The molecule has 0 radical (unpaired) electrons. The molecule has 0 aliphatic heterocycles. The minimum absolute atomic E-state index is 0.0512. The van der Waals surface area contributed by atoms with Crippen molar-refractivity contribution in [2.24, 2.45) is 5.10 Å². The summed E-state index contributed by atoms with van der Waals surface area (Å²) in [7, 11) is 0. The molecule has 0 aliphatic carbocycles. The van der Waals surface area contributed by atoms with Gasteiger partial charge in [0.2, 0.25) is 0 Å². The number of hydrogen-bond acceptors (Lipinski definition) is 3. The second kappa shape index (κ2) is 9.58. The van der Waals surface area contributed by atoms with Gasteiger partial charge in [-0.2, -0.15) is 9.78 Å². The molecule has 7 heteroatoms. The lowest BCUT2D eigenvalue weighted by molar-refractivity contribution is 0.602. The summed E-state index contributed by atoms with van der Waals surface area (Å²) >= 11 is 3.45. The van der Waals surface area contributed by atoms with Gasteiger partial charge in [-0.1, -0.05) is 66.2 Å². The highest BCUT2D eigenvalue weighted by Gasteiger charge is 2.16. The van der Waals surface area contributed by atoms with Crippen LogP contribution in [0.1, 0.15) is 43.1 Å². The average Bonchev–Trinajstić information content (AvgIpc) is 3.22. The maximum Gasteiger partial charge on any atom is 0.282 e. The summed E-state index contributed by atoms with van der Waals surface area (Å²) in [6.45, 7) is 4.50. The van der Waals surface area contributed by atoms with Crippen molar-refractivity contribution in [3.05, 3.63) is 111 Å². The lowest BCUT2D eigenvalue weighted by atomic mass is 10.1. The Bertz CT molecular complexity index is 1640. The topological polar surface area (TPSA) is 52.2 Å². The predicted molar refractivity (Wildman–Crippen MR) is 143 cm³/mol. The van der Waals surface area contributed by atoms with Crippen LogP contribution in [0, 0.1) is 5.82 Å². The van der Waals surface area contributed by atoms with Crippen LogP contribution >= 0.6 is 15.9 Å². The van der Waals surface area contributed by atoms with E-state index in [0.29, 0.717) is 28.8 Å². The first-order valence-corrected chi connectivity index (χ1v) is 12.3. The van der Waals surface area contributed by atoms with E-state index in [2.05, 4.69) is 28.0 Å². The van der Waals surface area contributed by atoms with Crippen molar-refractivity contribution >= 4 is 44.0 Å². The number of benzene rings is 3. The molecule has 1 atom stereocenters. The molecule has 35 heavy (non-hydrogen) atoms. The Labute approximate surface area is 210 Å². The molecule has 5 aromatic rings. The Morgan fingerprint density at radius 1 is 1.09 bits per heavy atom. The molecule has 0 aliphatic rings. The number of hydrogen-bond donors (Lipinski definition) is 0. The maximum atomic E-state index is 14.3. The first-order valence-electron chi connectivity index (χ1n) is 11.5. The third kappa shape index (κ3) is 4.44. The van der Waals surface area contributed by atoms with E-state index in [1.807, 2.05) is 60.2 Å². The molecule has 0 fully saturated rings. The SMILES string of the molecule is CC[C@H](C)c1nc2ccc(Br)cc2c(=O)n1N=Cc1cn(Cc2ccccc2F)c2ccccc12. The Hall–Kier alpha value is -3.58. The third-order valence-corrected chi connectivity index (χ3v) is 6.81. The van der Waals surface area contributed by atoms with Crippen LogP contribution < -0.4 is 5.56 Å². The fraction of sp³-hybridized carbons (Fsp3) is 0.179. The molecular formula is C28H24BrFN4O. The van der Waals surface area contributed by atoms with E-state index in [9.17, 15) is 9.18 Å². The van der Waals surface area contributed by atoms with Crippen LogP contribution in [-0.2, 0) is 6.54 Å². The van der Waals surface area contributed by atoms with E-state index in [4.69, 9.17) is 4.98 Å². The van der Waals surface area contributed by atoms with E-state index in [1.165, 1.54) is 10.7 Å². The second-order valence-corrected chi connectivity index (χ2v) is 9.54. The highest BCUT2D eigenvalue weighted by molar-refractivity contribution is 9.10. The number of rotatable bonds is 6. The highest BCUT2D eigenvalue weighted by atomic mass is 79.9. The van der Waals surface area contributed by atoms with Crippen molar-refractivity contribution in [3.8, 4) is 0 Å². The van der Waals surface area contributed by atoms with Crippen molar-refractivity contribution in [3.63, 3.8) is 0 Å². The summed E-state index contributed by atoms with van der Waals surface area (Å²) in [5, 5.41) is 6.11. The van der Waals surface area contributed by atoms with E-state index < -0.39 is 0 Å². The predicted octanol–water partition coefficient (Wildman–Crippen LogP) is 6.70. The fourth-order valence-corrected chi connectivity index (χ4v) is 4.58. The lowest BCUT2D eigenvalue weighted by Gasteiger charge is -2.13. The number of halogens is 2. The molecule has 176 valence electrons. The molecular weight excluding hydrogens is 507 g/mol. The molecule has 5 nitrogen and oxygen atoms in total. The summed E-state index contributed by atoms with van der Waals surface area (Å²) < 4.78 is 18.5. The molecule has 0 unspecified atom stereocenters. The molecule has 0 spiro atoms. The van der Waals surface area contributed by atoms with Crippen LogP contribution in [0.25, 0.3) is 21.8 Å². The maximum absolute atomic E-state index is 14.3. The van der Waals surface area contributed by atoms with E-state index in [0.717, 1.165) is 27.4 Å². The van der Waals surface area contributed by atoms with Crippen molar-refractivity contribution in [2.75, 3.05) is 0 Å². The van der Waals surface area contributed by atoms with Gasteiger partial charge in [0.05, 0.1) is 23.7 Å². The van der Waals surface area contributed by atoms with Crippen molar-refractivity contribution < 1.29 is 4.39 Å². The normalized spacial score (nSPS) is 12.7. The highest BCUT2D eigenvalue weighted by Crippen LogP contribution is 2.23. The van der Waals surface area contributed by atoms with Gasteiger partial charge in [-0.15, -0.1) is 0 Å². The van der Waals surface area contributed by atoms with Gasteiger partial charge in [-0.05, 0) is 36.8 Å². The fourth-order valence-electron chi connectivity index (χ4n) is 4.22. The second-order valence-electron chi connectivity index (χ2n) is 8.62. The number of aromatic nitrogens is 3. The smallest absolute Gasteiger partial charge is 0.282 e. The third-order valence-electron chi connectivity index (χ3n) is 6.32. The van der Waals surface area contributed by atoms with Crippen LogP contribution in [0.3, 0.4) is 0 Å². The zero-order chi connectivity index (χ0) is 24.5. The van der Waals surface area contributed by atoms with Crippen LogP contribution in [0.2, 0.25) is 0 Å². The van der Waals surface area contributed by atoms with Crippen LogP contribution in [0.15, 0.2) is 87.3 Å². The summed E-state index contributed by atoms with van der Waals surface area (Å²) in [6, 6.07) is 20.2. The Morgan fingerprint density at radius 2 is 1.86 bits per heavy atom. The monoisotopic (exact) mass is 530 g/mol. The van der Waals surface area contributed by atoms with Gasteiger partial charge in [0.25, 0.3) is 5.56 Å². The van der Waals surface area contributed by atoms with Gasteiger partial charge in [-0.3, -0.25) is 4.79 Å². The molecule has 0 amide bonds. The van der Waals surface area contributed by atoms with Crippen LogP contribution in [-0.4, -0.2) is 20.4 Å². The van der Waals surface area contributed by atoms with E-state index in [-0.39, 0.29) is 17.3 Å². The summed E-state index contributed by atoms with van der Waals surface area (Å²) in [4.78, 5) is 18.2. The summed E-state index contributed by atoms with van der Waals surface area (Å²) in [6.07, 6.45) is 4.46. The van der Waals surface area contributed by atoms with Gasteiger partial charge in [0.1, 0.15) is 11.6 Å². The van der Waals surface area contributed by atoms with Crippen molar-refractivity contribution in [1.82, 2.24) is 14.2 Å². The minimum atomic E-state index is -0.237. The zero-order valence-corrected chi connectivity index (χ0v) is 21.0. The number of para-hydroxylation sites is 1. The molecule has 0 N–H and O–H groups in total. The Balaban J connectivity index is 1.63. The Kier molecular flexibility index (Phi) is 6.34. The molecule has 2 heterocycles. The Morgan fingerprint density at radius 3 is 2.66 bits per heavy atom. The lowest BCUT2D eigenvalue weighted by Crippen LogP contribution is -2.23. The number of fused-ring (bicyclic) bond motifs is 2. The molecule has 2 aromatic heterocycles. The summed E-state index contributed by atoms with van der Waals surface area (Å²) in [5.74, 6) is 0.438. The molecule has 5 rings (SSSR count). The minimum Gasteiger partial charge on any atom is -0.342 e. The van der Waals surface area contributed by atoms with Gasteiger partial charge >= 0.3 is 0 Å². The van der Waals surface area contributed by atoms with Crippen molar-refractivity contribution in [2.45, 2.75) is 32.7 Å². The molecule has 0 saturated carbocycles. The van der Waals surface area contributed by atoms with E-state index in [1.54, 1.807) is 24.4 Å². The van der Waals surface area contributed by atoms with Crippen LogP contribution in [0.4, 0.5) is 4.39 Å². The molecule has 0 bridgehead atoms. The zero-order valence-electron chi connectivity index (χ0n) is 19.5. The molecule has 0 saturated heterocycles. The average molecular weight is 531 g/mol. The first-order chi connectivity index (χ1) is 17.0. The van der Waals surface area contributed by atoms with E-state index >= 15 is 0 Å². The van der Waals surface area contributed by atoms with Gasteiger partial charge < -0.3 is 4.57 Å². The van der Waals surface area contributed by atoms with Crippen molar-refractivity contribution in [1.29, 1.82) is 0 Å². The molecule has 3 aromatic carbocycles.